The molecule has 4 N–H and O–H groups in total. The van der Waals surface area contributed by atoms with Crippen molar-refractivity contribution in [1.82, 2.24) is 15.0 Å². The summed E-state index contributed by atoms with van der Waals surface area (Å²) in [6.45, 7) is 5.86. The Labute approximate surface area is 122 Å². The summed E-state index contributed by atoms with van der Waals surface area (Å²) >= 11 is 0. The third kappa shape index (κ3) is 2.79. The molecule has 1 fully saturated rings. The van der Waals surface area contributed by atoms with E-state index in [1.807, 2.05) is 13.0 Å². The van der Waals surface area contributed by atoms with Gasteiger partial charge in [-0.2, -0.15) is 4.98 Å². The van der Waals surface area contributed by atoms with Crippen LogP contribution in [0.3, 0.4) is 0 Å². The molecule has 0 aromatic carbocycles. The summed E-state index contributed by atoms with van der Waals surface area (Å²) in [5.74, 6) is 1.90. The zero-order chi connectivity index (χ0) is 15.0. The lowest BCUT2D eigenvalue weighted by atomic mass is 10.1. The van der Waals surface area contributed by atoms with Gasteiger partial charge in [0.1, 0.15) is 5.75 Å². The molecule has 0 saturated heterocycles. The molecule has 3 rings (SSSR count). The van der Waals surface area contributed by atoms with E-state index in [1.54, 1.807) is 6.20 Å². The summed E-state index contributed by atoms with van der Waals surface area (Å²) in [5, 5.41) is 0. The summed E-state index contributed by atoms with van der Waals surface area (Å²) < 4.78 is 5.87. The smallest absolute Gasteiger partial charge is 0.222 e. The van der Waals surface area contributed by atoms with Crippen molar-refractivity contribution in [3.8, 4) is 11.5 Å². The van der Waals surface area contributed by atoms with E-state index in [0.29, 0.717) is 17.4 Å². The Morgan fingerprint density at radius 2 is 2.00 bits per heavy atom. The van der Waals surface area contributed by atoms with Gasteiger partial charge in [0.15, 0.2) is 11.6 Å². The monoisotopic (exact) mass is 283 g/mol. The number of pyridine rings is 1. The average molecular weight is 283 g/mol. The third-order valence-corrected chi connectivity index (χ3v) is 3.36. The van der Waals surface area contributed by atoms with Crippen LogP contribution in [0.2, 0.25) is 0 Å². The number of aromatic nitrogens is 3. The number of nitrogen functional groups attached to an aromatic ring is 2. The largest absolute Gasteiger partial charge is 0.451 e. The summed E-state index contributed by atoms with van der Waals surface area (Å²) in [4.78, 5) is 12.3. The number of nitrogens with two attached hydrogens (primary N) is 2. The molecule has 0 spiro atoms. The highest BCUT2D eigenvalue weighted by atomic mass is 16.5. The van der Waals surface area contributed by atoms with Gasteiger partial charge in [0, 0.05) is 29.4 Å². The van der Waals surface area contributed by atoms with E-state index in [1.165, 1.54) is 19.0 Å². The van der Waals surface area contributed by atoms with Crippen molar-refractivity contribution in [2.24, 2.45) is 0 Å². The lowest BCUT2D eigenvalue weighted by molar-refractivity contribution is 0.477. The highest BCUT2D eigenvalue weighted by Crippen LogP contribution is 2.41. The van der Waals surface area contributed by atoms with Crippen LogP contribution >= 0.6 is 0 Å². The third-order valence-electron chi connectivity index (χ3n) is 3.36. The first kappa shape index (κ1) is 13.4. The van der Waals surface area contributed by atoms with Crippen LogP contribution in [0.15, 0.2) is 25.0 Å². The number of hydrogen-bond donors (Lipinski definition) is 2. The van der Waals surface area contributed by atoms with Gasteiger partial charge in [-0.3, -0.25) is 4.98 Å². The fraction of sp³-hybridized carbons (Fsp3) is 0.267. The maximum absolute atomic E-state index is 5.87. The Morgan fingerprint density at radius 3 is 2.62 bits per heavy atom. The normalized spacial score (nSPS) is 14.0. The first-order valence-corrected chi connectivity index (χ1v) is 6.76. The van der Waals surface area contributed by atoms with Crippen molar-refractivity contribution >= 4 is 17.3 Å². The minimum Gasteiger partial charge on any atom is -0.451 e. The number of anilines is 2. The quantitative estimate of drug-likeness (QED) is 0.894. The minimum atomic E-state index is 0.119. The molecule has 108 valence electrons. The molecule has 0 atom stereocenters. The Morgan fingerprint density at radius 1 is 1.24 bits per heavy atom. The number of rotatable bonds is 4. The van der Waals surface area contributed by atoms with Crippen molar-refractivity contribution in [2.45, 2.75) is 25.7 Å². The van der Waals surface area contributed by atoms with Crippen molar-refractivity contribution < 1.29 is 4.74 Å². The zero-order valence-corrected chi connectivity index (χ0v) is 11.8. The molecular formula is C15H17N5O. The molecule has 0 bridgehead atoms. The maximum Gasteiger partial charge on any atom is 0.222 e. The van der Waals surface area contributed by atoms with E-state index in [9.17, 15) is 0 Å². The molecule has 0 unspecified atom stereocenters. The van der Waals surface area contributed by atoms with Gasteiger partial charge < -0.3 is 16.2 Å². The second-order valence-corrected chi connectivity index (χ2v) is 5.24. The van der Waals surface area contributed by atoms with E-state index >= 15 is 0 Å². The Hall–Kier alpha value is -2.63. The molecule has 6 heteroatoms. The van der Waals surface area contributed by atoms with Crippen LogP contribution in [0.4, 0.5) is 11.8 Å². The van der Waals surface area contributed by atoms with Gasteiger partial charge in [-0.1, -0.05) is 6.58 Å². The van der Waals surface area contributed by atoms with E-state index in [-0.39, 0.29) is 11.8 Å². The van der Waals surface area contributed by atoms with Crippen molar-refractivity contribution in [3.05, 3.63) is 36.3 Å². The van der Waals surface area contributed by atoms with Crippen LogP contribution < -0.4 is 16.2 Å². The second kappa shape index (κ2) is 5.05. The summed E-state index contributed by atoms with van der Waals surface area (Å²) in [6.07, 6.45) is 5.61. The molecular weight excluding hydrogens is 266 g/mol. The molecule has 0 radical (unpaired) electrons. The van der Waals surface area contributed by atoms with E-state index in [4.69, 9.17) is 16.2 Å². The van der Waals surface area contributed by atoms with Gasteiger partial charge in [0.25, 0.3) is 0 Å². The zero-order valence-electron chi connectivity index (χ0n) is 11.8. The van der Waals surface area contributed by atoms with Crippen LogP contribution in [0.5, 0.6) is 11.5 Å². The van der Waals surface area contributed by atoms with Crippen LogP contribution in [0, 0.1) is 0 Å². The van der Waals surface area contributed by atoms with Crippen LogP contribution in [0.1, 0.15) is 36.9 Å². The molecule has 21 heavy (non-hydrogen) atoms. The molecule has 6 nitrogen and oxygen atoms in total. The number of hydrogen-bond acceptors (Lipinski definition) is 6. The molecule has 2 heterocycles. The van der Waals surface area contributed by atoms with Crippen molar-refractivity contribution in [2.75, 3.05) is 11.5 Å². The summed E-state index contributed by atoms with van der Waals surface area (Å²) in [6, 6.07) is 1.94. The topological polar surface area (TPSA) is 99.9 Å². The summed E-state index contributed by atoms with van der Waals surface area (Å²) in [7, 11) is 0. The standard InChI is InChI=1S/C15H17N5O/c1-8(2)10-6-18-11(9-3-4-9)5-12(10)21-13-7-19-15(17)20-14(13)16/h5-7,9H,1,3-4H2,2H3,(H4,16,17,19,20). The number of ether oxygens (including phenoxy) is 1. The molecule has 1 aliphatic rings. The lowest BCUT2D eigenvalue weighted by Gasteiger charge is -2.13. The fourth-order valence-corrected chi connectivity index (χ4v) is 2.05. The van der Waals surface area contributed by atoms with Gasteiger partial charge >= 0.3 is 0 Å². The van der Waals surface area contributed by atoms with Crippen molar-refractivity contribution in [1.29, 1.82) is 0 Å². The lowest BCUT2D eigenvalue weighted by Crippen LogP contribution is -2.02. The molecule has 2 aromatic rings. The molecule has 1 aliphatic carbocycles. The average Bonchev–Trinajstić information content (AvgIpc) is 3.26. The molecule has 2 aromatic heterocycles. The van der Waals surface area contributed by atoms with Gasteiger partial charge in [-0.25, -0.2) is 4.98 Å². The molecule has 1 saturated carbocycles. The minimum absolute atomic E-state index is 0.119. The van der Waals surface area contributed by atoms with Gasteiger partial charge in [0.2, 0.25) is 5.95 Å². The van der Waals surface area contributed by atoms with E-state index in [0.717, 1.165) is 16.8 Å². The maximum atomic E-state index is 5.87. The van der Waals surface area contributed by atoms with Crippen LogP contribution in [0.25, 0.3) is 5.57 Å². The molecule has 0 aliphatic heterocycles. The van der Waals surface area contributed by atoms with Gasteiger partial charge in [-0.15, -0.1) is 0 Å². The van der Waals surface area contributed by atoms with E-state index < -0.39 is 0 Å². The summed E-state index contributed by atoms with van der Waals surface area (Å²) in [5.41, 5.74) is 14.0. The van der Waals surface area contributed by atoms with E-state index in [2.05, 4.69) is 21.5 Å². The first-order chi connectivity index (χ1) is 10.0. The second-order valence-electron chi connectivity index (χ2n) is 5.24. The Kier molecular flexibility index (Phi) is 3.21. The SMILES string of the molecule is C=C(C)c1cnc(C2CC2)cc1Oc1cnc(N)nc1N. The predicted octanol–water partition coefficient (Wildman–Crippen LogP) is 2.74. The Balaban J connectivity index is 1.98. The Bertz CT molecular complexity index is 709. The predicted molar refractivity (Wildman–Crippen MR) is 81.9 cm³/mol. The first-order valence-electron chi connectivity index (χ1n) is 6.76. The number of allylic oxidation sites excluding steroid dienone is 1. The van der Waals surface area contributed by atoms with Gasteiger partial charge in [-0.05, 0) is 25.3 Å². The van der Waals surface area contributed by atoms with Crippen LogP contribution in [-0.2, 0) is 0 Å². The van der Waals surface area contributed by atoms with Crippen LogP contribution in [-0.4, -0.2) is 15.0 Å². The highest BCUT2D eigenvalue weighted by molar-refractivity contribution is 5.67. The van der Waals surface area contributed by atoms with Gasteiger partial charge in [0.05, 0.1) is 6.20 Å². The number of nitrogens with zero attached hydrogens (tertiary/aromatic N) is 3. The highest BCUT2D eigenvalue weighted by Gasteiger charge is 2.26. The molecule has 0 amide bonds. The fourth-order valence-electron chi connectivity index (χ4n) is 2.05. The van der Waals surface area contributed by atoms with Crippen molar-refractivity contribution in [3.63, 3.8) is 0 Å².